The predicted molar refractivity (Wildman–Crippen MR) is 108 cm³/mol. The van der Waals surface area contributed by atoms with Crippen molar-refractivity contribution < 1.29 is 23.1 Å². The van der Waals surface area contributed by atoms with E-state index in [-0.39, 0.29) is 32.0 Å². The number of nitrogens with zero attached hydrogens (tertiary/aromatic N) is 2. The van der Waals surface area contributed by atoms with Gasteiger partial charge in [-0.15, -0.1) is 11.3 Å². The maximum absolute atomic E-state index is 12.9. The van der Waals surface area contributed by atoms with Crippen LogP contribution >= 0.6 is 11.3 Å². The van der Waals surface area contributed by atoms with Crippen molar-refractivity contribution in [2.75, 3.05) is 0 Å². The van der Waals surface area contributed by atoms with Crippen LogP contribution < -0.4 is 10.5 Å². The van der Waals surface area contributed by atoms with Crippen molar-refractivity contribution in [3.05, 3.63) is 81.0 Å². The molecular weight excluding hydrogens is 411 g/mol. The molecule has 9 heteroatoms. The minimum atomic E-state index is -0.505. The second kappa shape index (κ2) is 8.91. The molecule has 0 radical (unpaired) electrons. The van der Waals surface area contributed by atoms with Gasteiger partial charge in [-0.1, -0.05) is 12.1 Å². The molecular formula is C21H17FN2O5S. The summed E-state index contributed by atoms with van der Waals surface area (Å²) in [5.41, 5.74) is 1.73. The fraction of sp³-hybridized carbons (Fsp3) is 0.190. The molecule has 0 amide bonds. The number of ether oxygens (including phenoxy) is 2. The fourth-order valence-electron chi connectivity index (χ4n) is 2.81. The number of aryl methyl sites for hydroxylation is 1. The number of esters is 1. The summed E-state index contributed by atoms with van der Waals surface area (Å²) in [6, 6.07) is 12.8. The Hall–Kier alpha value is -3.46. The molecule has 2 heterocycles. The number of oxazole rings is 1. The van der Waals surface area contributed by atoms with Gasteiger partial charge in [0.2, 0.25) is 0 Å². The largest absolute Gasteiger partial charge is 0.486 e. The number of rotatable bonds is 8. The summed E-state index contributed by atoms with van der Waals surface area (Å²) in [7, 11) is 0. The van der Waals surface area contributed by atoms with Gasteiger partial charge in [0.15, 0.2) is 5.58 Å². The van der Waals surface area contributed by atoms with Gasteiger partial charge in [-0.3, -0.25) is 9.36 Å². The van der Waals surface area contributed by atoms with Gasteiger partial charge in [0.1, 0.15) is 29.8 Å². The van der Waals surface area contributed by atoms with Crippen LogP contribution in [0.4, 0.5) is 4.39 Å². The average Bonchev–Trinajstić information content (AvgIpc) is 3.33. The number of aromatic nitrogens is 2. The number of hydrogen-bond acceptors (Lipinski definition) is 7. The normalized spacial score (nSPS) is 11.0. The molecule has 2 aromatic heterocycles. The highest BCUT2D eigenvalue weighted by Crippen LogP contribution is 2.17. The molecule has 0 unspecified atom stereocenters. The molecule has 7 nitrogen and oxygen atoms in total. The summed E-state index contributed by atoms with van der Waals surface area (Å²) in [6.07, 6.45) is 0.0358. The third-order valence-corrected chi connectivity index (χ3v) is 5.14. The molecule has 2 aromatic carbocycles. The molecule has 30 heavy (non-hydrogen) atoms. The Balaban J connectivity index is 1.25. The standard InChI is InChI=1S/C21H17FN2O5S/c22-14-5-7-16(8-6-14)27-12-19-23-15(13-30-19)11-28-20(25)9-10-24-17-3-1-2-4-18(17)29-21(24)26/h1-8,13H,9-12H2. The molecule has 0 saturated heterocycles. The van der Waals surface area contributed by atoms with Crippen molar-refractivity contribution in [2.24, 2.45) is 0 Å². The molecule has 0 bridgehead atoms. The van der Waals surface area contributed by atoms with Crippen molar-refractivity contribution in [1.82, 2.24) is 9.55 Å². The first-order valence-corrected chi connectivity index (χ1v) is 10.0. The van der Waals surface area contributed by atoms with Crippen LogP contribution in [0, 0.1) is 5.82 Å². The zero-order chi connectivity index (χ0) is 20.9. The summed E-state index contributed by atoms with van der Waals surface area (Å²) in [5.74, 6) is -0.730. The quantitative estimate of drug-likeness (QED) is 0.396. The van der Waals surface area contributed by atoms with Crippen molar-refractivity contribution in [3.63, 3.8) is 0 Å². The highest BCUT2D eigenvalue weighted by Gasteiger charge is 2.12. The monoisotopic (exact) mass is 428 g/mol. The maximum atomic E-state index is 12.9. The Morgan fingerprint density at radius 1 is 1.13 bits per heavy atom. The summed E-state index contributed by atoms with van der Waals surface area (Å²) in [6.45, 7) is 0.441. The molecule has 0 atom stereocenters. The van der Waals surface area contributed by atoms with Crippen LogP contribution in [0.25, 0.3) is 11.1 Å². The van der Waals surface area contributed by atoms with Gasteiger partial charge in [0, 0.05) is 11.9 Å². The van der Waals surface area contributed by atoms with Crippen molar-refractivity contribution in [2.45, 2.75) is 26.2 Å². The number of carbonyl (C=O) groups is 1. The number of carbonyl (C=O) groups excluding carboxylic acids is 1. The third kappa shape index (κ3) is 4.74. The summed E-state index contributed by atoms with van der Waals surface area (Å²) in [5, 5.41) is 2.49. The first kappa shape index (κ1) is 19.8. The molecule has 0 saturated carbocycles. The summed E-state index contributed by atoms with van der Waals surface area (Å²) < 4.78 is 30.2. The fourth-order valence-corrected chi connectivity index (χ4v) is 3.50. The summed E-state index contributed by atoms with van der Waals surface area (Å²) >= 11 is 1.38. The van der Waals surface area contributed by atoms with Crippen LogP contribution in [0.2, 0.25) is 0 Å². The number of halogens is 1. The van der Waals surface area contributed by atoms with Gasteiger partial charge in [-0.05, 0) is 36.4 Å². The number of para-hydroxylation sites is 2. The van der Waals surface area contributed by atoms with E-state index < -0.39 is 11.7 Å². The van der Waals surface area contributed by atoms with E-state index >= 15 is 0 Å². The molecule has 0 aliphatic rings. The van der Waals surface area contributed by atoms with E-state index in [2.05, 4.69) is 4.98 Å². The smallest absolute Gasteiger partial charge is 0.419 e. The molecule has 0 fully saturated rings. The van der Waals surface area contributed by atoms with Gasteiger partial charge in [0.25, 0.3) is 0 Å². The average molecular weight is 428 g/mol. The zero-order valence-corrected chi connectivity index (χ0v) is 16.6. The van der Waals surface area contributed by atoms with E-state index in [1.54, 1.807) is 41.8 Å². The molecule has 0 spiro atoms. The molecule has 0 aliphatic heterocycles. The van der Waals surface area contributed by atoms with Crippen LogP contribution in [0.1, 0.15) is 17.1 Å². The second-order valence-corrected chi connectivity index (χ2v) is 7.32. The van der Waals surface area contributed by atoms with E-state index in [9.17, 15) is 14.0 Å². The van der Waals surface area contributed by atoms with Crippen LogP contribution in [-0.2, 0) is 29.3 Å². The predicted octanol–water partition coefficient (Wildman–Crippen LogP) is 3.90. The highest BCUT2D eigenvalue weighted by atomic mass is 32.1. The third-order valence-electron chi connectivity index (χ3n) is 4.27. The topological polar surface area (TPSA) is 83.6 Å². The Morgan fingerprint density at radius 2 is 1.93 bits per heavy atom. The van der Waals surface area contributed by atoms with E-state index in [1.165, 1.54) is 28.0 Å². The minimum absolute atomic E-state index is 0.0346. The Bertz CT molecular complexity index is 1210. The van der Waals surface area contributed by atoms with Crippen molar-refractivity contribution in [1.29, 1.82) is 0 Å². The minimum Gasteiger partial charge on any atom is -0.486 e. The van der Waals surface area contributed by atoms with Crippen molar-refractivity contribution in [3.8, 4) is 5.75 Å². The molecule has 4 aromatic rings. The molecule has 0 aliphatic carbocycles. The molecule has 154 valence electrons. The van der Waals surface area contributed by atoms with Crippen LogP contribution in [0.3, 0.4) is 0 Å². The lowest BCUT2D eigenvalue weighted by Crippen LogP contribution is -2.17. The van der Waals surface area contributed by atoms with E-state index in [0.29, 0.717) is 27.6 Å². The Morgan fingerprint density at radius 3 is 2.77 bits per heavy atom. The van der Waals surface area contributed by atoms with Crippen LogP contribution in [-0.4, -0.2) is 15.5 Å². The Labute approximate surface area is 174 Å². The van der Waals surface area contributed by atoms with Crippen molar-refractivity contribution >= 4 is 28.4 Å². The number of benzene rings is 2. The lowest BCUT2D eigenvalue weighted by Gasteiger charge is -2.04. The molecule has 4 rings (SSSR count). The highest BCUT2D eigenvalue weighted by molar-refractivity contribution is 7.09. The van der Waals surface area contributed by atoms with Crippen LogP contribution in [0.5, 0.6) is 5.75 Å². The first-order chi connectivity index (χ1) is 14.6. The zero-order valence-electron chi connectivity index (χ0n) is 15.7. The van der Waals surface area contributed by atoms with Gasteiger partial charge < -0.3 is 13.9 Å². The molecule has 0 N–H and O–H groups in total. The van der Waals surface area contributed by atoms with Gasteiger partial charge >= 0.3 is 11.7 Å². The van der Waals surface area contributed by atoms with Gasteiger partial charge in [-0.2, -0.15) is 0 Å². The second-order valence-electron chi connectivity index (χ2n) is 6.37. The summed E-state index contributed by atoms with van der Waals surface area (Å²) in [4.78, 5) is 28.3. The maximum Gasteiger partial charge on any atom is 0.419 e. The van der Waals surface area contributed by atoms with E-state index in [1.807, 2.05) is 0 Å². The number of fused-ring (bicyclic) bond motifs is 1. The SMILES string of the molecule is O=C(CCn1c(=O)oc2ccccc21)OCc1csc(COc2ccc(F)cc2)n1. The number of hydrogen-bond donors (Lipinski definition) is 0. The number of thiazole rings is 1. The van der Waals surface area contributed by atoms with Gasteiger partial charge in [-0.25, -0.2) is 14.2 Å². The lowest BCUT2D eigenvalue weighted by molar-refractivity contribution is -0.145. The van der Waals surface area contributed by atoms with Crippen LogP contribution in [0.15, 0.2) is 63.1 Å². The Kier molecular flexibility index (Phi) is 5.89. The lowest BCUT2D eigenvalue weighted by atomic mass is 10.3. The van der Waals surface area contributed by atoms with E-state index in [4.69, 9.17) is 13.9 Å². The first-order valence-electron chi connectivity index (χ1n) is 9.14. The van der Waals surface area contributed by atoms with E-state index in [0.717, 1.165) is 0 Å². The van der Waals surface area contributed by atoms with Gasteiger partial charge in [0.05, 0.1) is 17.6 Å².